The van der Waals surface area contributed by atoms with Crippen LogP contribution in [0.3, 0.4) is 0 Å². The molecular weight excluding hydrogens is 322 g/mol. The predicted molar refractivity (Wildman–Crippen MR) is 84.3 cm³/mol. The molecular formula is C15H24BrNO3. The monoisotopic (exact) mass is 345 g/mol. The highest BCUT2D eigenvalue weighted by molar-refractivity contribution is 9.10. The SMILES string of the molecule is COCCOCCCOc1ccc(CC(C)N)cc1Br. The summed E-state index contributed by atoms with van der Waals surface area (Å²) in [4.78, 5) is 0. The number of rotatable bonds is 10. The third kappa shape index (κ3) is 7.24. The van der Waals surface area contributed by atoms with E-state index in [1.54, 1.807) is 7.11 Å². The minimum atomic E-state index is 0.165. The highest BCUT2D eigenvalue weighted by atomic mass is 79.9. The summed E-state index contributed by atoms with van der Waals surface area (Å²) >= 11 is 3.53. The lowest BCUT2D eigenvalue weighted by Crippen LogP contribution is -2.17. The zero-order chi connectivity index (χ0) is 14.8. The van der Waals surface area contributed by atoms with Crippen molar-refractivity contribution >= 4 is 15.9 Å². The number of hydrogen-bond donors (Lipinski definition) is 1. The Labute approximate surface area is 129 Å². The summed E-state index contributed by atoms with van der Waals surface area (Å²) in [5.74, 6) is 0.857. The fraction of sp³-hybridized carbons (Fsp3) is 0.600. The summed E-state index contributed by atoms with van der Waals surface area (Å²) in [6.07, 6.45) is 1.73. The molecule has 0 aliphatic rings. The summed E-state index contributed by atoms with van der Waals surface area (Å²) in [5, 5.41) is 0. The summed E-state index contributed by atoms with van der Waals surface area (Å²) in [6.45, 7) is 4.59. The molecule has 0 bridgehead atoms. The molecule has 1 unspecified atom stereocenters. The molecule has 4 nitrogen and oxygen atoms in total. The number of benzene rings is 1. The molecule has 0 aliphatic carbocycles. The van der Waals surface area contributed by atoms with Gasteiger partial charge in [-0.05, 0) is 47.0 Å². The molecule has 0 amide bonds. The second-order valence-electron chi connectivity index (χ2n) is 4.75. The Hall–Kier alpha value is -0.620. The van der Waals surface area contributed by atoms with Gasteiger partial charge in [-0.15, -0.1) is 0 Å². The molecule has 1 aromatic rings. The molecule has 1 atom stereocenters. The third-order valence-electron chi connectivity index (χ3n) is 2.68. The van der Waals surface area contributed by atoms with Crippen molar-refractivity contribution < 1.29 is 14.2 Å². The van der Waals surface area contributed by atoms with Gasteiger partial charge in [-0.2, -0.15) is 0 Å². The largest absolute Gasteiger partial charge is 0.492 e. The number of halogens is 1. The number of ether oxygens (including phenoxy) is 3. The van der Waals surface area contributed by atoms with E-state index < -0.39 is 0 Å². The minimum absolute atomic E-state index is 0.165. The van der Waals surface area contributed by atoms with Crippen molar-refractivity contribution in [3.8, 4) is 5.75 Å². The van der Waals surface area contributed by atoms with Crippen molar-refractivity contribution in [2.24, 2.45) is 5.73 Å². The Balaban J connectivity index is 2.26. The fourth-order valence-electron chi connectivity index (χ4n) is 1.75. The Morgan fingerprint density at radius 3 is 2.65 bits per heavy atom. The van der Waals surface area contributed by atoms with E-state index in [0.29, 0.717) is 26.4 Å². The van der Waals surface area contributed by atoms with Crippen LogP contribution in [0, 0.1) is 0 Å². The third-order valence-corrected chi connectivity index (χ3v) is 3.30. The van der Waals surface area contributed by atoms with Gasteiger partial charge in [0.15, 0.2) is 0 Å². The molecule has 0 fully saturated rings. The molecule has 1 aromatic carbocycles. The molecule has 114 valence electrons. The second kappa shape index (κ2) is 10.2. The first-order chi connectivity index (χ1) is 9.63. The molecule has 0 saturated heterocycles. The van der Waals surface area contributed by atoms with Gasteiger partial charge in [-0.25, -0.2) is 0 Å². The molecule has 20 heavy (non-hydrogen) atoms. The second-order valence-corrected chi connectivity index (χ2v) is 5.61. The maximum absolute atomic E-state index is 5.79. The first kappa shape index (κ1) is 17.4. The average molecular weight is 346 g/mol. The Kier molecular flexibility index (Phi) is 8.85. The van der Waals surface area contributed by atoms with Crippen LogP contribution in [0.25, 0.3) is 0 Å². The van der Waals surface area contributed by atoms with Crippen LogP contribution in [-0.2, 0) is 15.9 Å². The summed E-state index contributed by atoms with van der Waals surface area (Å²) in [7, 11) is 1.67. The Bertz CT molecular complexity index is 385. The smallest absolute Gasteiger partial charge is 0.133 e. The Morgan fingerprint density at radius 1 is 1.20 bits per heavy atom. The summed E-state index contributed by atoms with van der Waals surface area (Å²) < 4.78 is 17.0. The lowest BCUT2D eigenvalue weighted by molar-refractivity contribution is 0.0644. The first-order valence-electron chi connectivity index (χ1n) is 6.87. The molecule has 0 heterocycles. The molecule has 1 rings (SSSR count). The number of hydrogen-bond acceptors (Lipinski definition) is 4. The van der Waals surface area contributed by atoms with E-state index in [4.69, 9.17) is 19.9 Å². The number of methoxy groups -OCH3 is 1. The van der Waals surface area contributed by atoms with Gasteiger partial charge < -0.3 is 19.9 Å². The van der Waals surface area contributed by atoms with Crippen LogP contribution in [0.5, 0.6) is 5.75 Å². The standard InChI is InChI=1S/C15H24BrNO3/c1-12(17)10-13-4-5-15(14(16)11-13)20-7-3-6-19-9-8-18-2/h4-5,11-12H,3,6-10,17H2,1-2H3. The van der Waals surface area contributed by atoms with Gasteiger partial charge in [-0.1, -0.05) is 6.07 Å². The van der Waals surface area contributed by atoms with Crippen molar-refractivity contribution in [1.29, 1.82) is 0 Å². The molecule has 5 heteroatoms. The normalized spacial score (nSPS) is 12.4. The first-order valence-corrected chi connectivity index (χ1v) is 7.66. The Morgan fingerprint density at radius 2 is 2.00 bits per heavy atom. The highest BCUT2D eigenvalue weighted by Crippen LogP contribution is 2.26. The summed E-state index contributed by atoms with van der Waals surface area (Å²) in [5.41, 5.74) is 7.00. The van der Waals surface area contributed by atoms with Crippen molar-refractivity contribution in [2.75, 3.05) is 33.5 Å². The van der Waals surface area contributed by atoms with Crippen molar-refractivity contribution in [3.63, 3.8) is 0 Å². The van der Waals surface area contributed by atoms with Gasteiger partial charge in [0.25, 0.3) is 0 Å². The zero-order valence-corrected chi connectivity index (χ0v) is 13.8. The van der Waals surface area contributed by atoms with Gasteiger partial charge in [0.2, 0.25) is 0 Å². The molecule has 0 saturated carbocycles. The van der Waals surface area contributed by atoms with Crippen LogP contribution in [-0.4, -0.2) is 39.6 Å². The van der Waals surface area contributed by atoms with Crippen LogP contribution < -0.4 is 10.5 Å². The molecule has 0 radical (unpaired) electrons. The van der Waals surface area contributed by atoms with Crippen LogP contribution >= 0.6 is 15.9 Å². The molecule has 0 spiro atoms. The van der Waals surface area contributed by atoms with Crippen LogP contribution in [0.15, 0.2) is 22.7 Å². The van der Waals surface area contributed by atoms with Gasteiger partial charge in [0, 0.05) is 26.2 Å². The zero-order valence-electron chi connectivity index (χ0n) is 12.2. The van der Waals surface area contributed by atoms with Crippen LogP contribution in [0.4, 0.5) is 0 Å². The highest BCUT2D eigenvalue weighted by Gasteiger charge is 2.04. The fourth-order valence-corrected chi connectivity index (χ4v) is 2.29. The van der Waals surface area contributed by atoms with Crippen LogP contribution in [0.1, 0.15) is 18.9 Å². The van der Waals surface area contributed by atoms with Gasteiger partial charge >= 0.3 is 0 Å². The van der Waals surface area contributed by atoms with E-state index in [2.05, 4.69) is 28.1 Å². The maximum Gasteiger partial charge on any atom is 0.133 e. The average Bonchev–Trinajstić information content (AvgIpc) is 2.39. The van der Waals surface area contributed by atoms with E-state index in [9.17, 15) is 0 Å². The van der Waals surface area contributed by atoms with E-state index in [1.165, 1.54) is 5.56 Å². The number of nitrogens with two attached hydrogens (primary N) is 1. The van der Waals surface area contributed by atoms with E-state index >= 15 is 0 Å². The molecule has 2 N–H and O–H groups in total. The maximum atomic E-state index is 5.79. The van der Waals surface area contributed by atoms with Crippen molar-refractivity contribution in [2.45, 2.75) is 25.8 Å². The van der Waals surface area contributed by atoms with Crippen LogP contribution in [0.2, 0.25) is 0 Å². The lowest BCUT2D eigenvalue weighted by Gasteiger charge is -2.11. The molecule has 0 aromatic heterocycles. The van der Waals surface area contributed by atoms with E-state index in [-0.39, 0.29) is 6.04 Å². The van der Waals surface area contributed by atoms with Gasteiger partial charge in [0.05, 0.1) is 24.3 Å². The lowest BCUT2D eigenvalue weighted by atomic mass is 10.1. The minimum Gasteiger partial charge on any atom is -0.492 e. The summed E-state index contributed by atoms with van der Waals surface area (Å²) in [6, 6.07) is 6.26. The van der Waals surface area contributed by atoms with E-state index in [0.717, 1.165) is 23.1 Å². The topological polar surface area (TPSA) is 53.7 Å². The predicted octanol–water partition coefficient (Wildman–Crippen LogP) is 2.77. The van der Waals surface area contributed by atoms with Gasteiger partial charge in [-0.3, -0.25) is 0 Å². The molecule has 0 aliphatic heterocycles. The quantitative estimate of drug-likeness (QED) is 0.662. The van der Waals surface area contributed by atoms with Crippen molar-refractivity contribution in [1.82, 2.24) is 0 Å². The van der Waals surface area contributed by atoms with Gasteiger partial charge in [0.1, 0.15) is 5.75 Å². The van der Waals surface area contributed by atoms with Crippen molar-refractivity contribution in [3.05, 3.63) is 28.2 Å². The van der Waals surface area contributed by atoms with E-state index in [1.807, 2.05) is 13.0 Å².